The molecule has 0 spiro atoms. The number of rotatable bonds is 3. The standard InChI is InChI=1S/C24H33N5O3/c1-24(2,3)32-23(31)25-19-12-10-17(11-13-19)22(30)28-14-7-8-18(16-28)21-27-26-20-9-5-4-6-15-29(20)21/h10-13,18H,4-9,14-16H2,1-3H3,(H,25,31)/t18-/m0/s1. The molecule has 1 aromatic heterocycles. The van der Waals surface area contributed by atoms with Gasteiger partial charge < -0.3 is 14.2 Å². The predicted molar refractivity (Wildman–Crippen MR) is 122 cm³/mol. The number of aryl methyl sites for hydroxylation is 1. The first-order valence-electron chi connectivity index (χ1n) is 11.6. The van der Waals surface area contributed by atoms with Crippen molar-refractivity contribution in [2.45, 2.75) is 77.4 Å². The largest absolute Gasteiger partial charge is 0.444 e. The summed E-state index contributed by atoms with van der Waals surface area (Å²) in [6.07, 6.45) is 6.03. The average molecular weight is 440 g/mol. The van der Waals surface area contributed by atoms with Gasteiger partial charge in [-0.15, -0.1) is 10.2 Å². The number of hydrogen-bond acceptors (Lipinski definition) is 5. The first kappa shape index (κ1) is 22.3. The van der Waals surface area contributed by atoms with Crippen LogP contribution in [-0.4, -0.2) is 50.4 Å². The molecule has 1 N–H and O–H groups in total. The monoisotopic (exact) mass is 439 g/mol. The molecule has 32 heavy (non-hydrogen) atoms. The zero-order valence-electron chi connectivity index (χ0n) is 19.3. The number of amides is 2. The highest BCUT2D eigenvalue weighted by Crippen LogP contribution is 2.29. The van der Waals surface area contributed by atoms with Crippen LogP contribution in [-0.2, 0) is 17.7 Å². The van der Waals surface area contributed by atoms with E-state index in [9.17, 15) is 9.59 Å². The summed E-state index contributed by atoms with van der Waals surface area (Å²) < 4.78 is 7.57. The van der Waals surface area contributed by atoms with Crippen LogP contribution in [0, 0.1) is 0 Å². The van der Waals surface area contributed by atoms with Crippen LogP contribution >= 0.6 is 0 Å². The topological polar surface area (TPSA) is 89.3 Å². The maximum Gasteiger partial charge on any atom is 0.412 e. The van der Waals surface area contributed by atoms with Crippen molar-refractivity contribution in [1.29, 1.82) is 0 Å². The van der Waals surface area contributed by atoms with E-state index in [2.05, 4.69) is 20.1 Å². The summed E-state index contributed by atoms with van der Waals surface area (Å²) in [5, 5.41) is 11.7. The molecule has 1 atom stereocenters. The minimum atomic E-state index is -0.562. The third-order valence-corrected chi connectivity index (χ3v) is 5.99. The molecular weight excluding hydrogens is 406 g/mol. The molecule has 0 aliphatic carbocycles. The lowest BCUT2D eigenvalue weighted by Gasteiger charge is -2.32. The Morgan fingerprint density at radius 3 is 2.56 bits per heavy atom. The van der Waals surface area contributed by atoms with Gasteiger partial charge in [0, 0.05) is 43.2 Å². The van der Waals surface area contributed by atoms with E-state index in [-0.39, 0.29) is 11.8 Å². The van der Waals surface area contributed by atoms with E-state index in [1.54, 1.807) is 24.3 Å². The Morgan fingerprint density at radius 2 is 1.81 bits per heavy atom. The summed E-state index contributed by atoms with van der Waals surface area (Å²) in [5.74, 6) is 2.36. The summed E-state index contributed by atoms with van der Waals surface area (Å²) in [6.45, 7) is 7.84. The average Bonchev–Trinajstić information content (AvgIpc) is 3.01. The van der Waals surface area contributed by atoms with Gasteiger partial charge in [0.05, 0.1) is 0 Å². The lowest BCUT2D eigenvalue weighted by Crippen LogP contribution is -2.39. The van der Waals surface area contributed by atoms with Crippen LogP contribution in [0.2, 0.25) is 0 Å². The number of nitrogens with one attached hydrogen (secondary N) is 1. The SMILES string of the molecule is CC(C)(C)OC(=O)Nc1ccc(C(=O)N2CCC[C@H](c3nnc4n3CCCCC4)C2)cc1. The number of nitrogens with zero attached hydrogens (tertiary/aromatic N) is 4. The number of piperidine rings is 1. The van der Waals surface area contributed by atoms with Gasteiger partial charge in [0.25, 0.3) is 5.91 Å². The Labute approximate surface area is 189 Å². The zero-order valence-corrected chi connectivity index (χ0v) is 19.3. The van der Waals surface area contributed by atoms with E-state index >= 15 is 0 Å². The van der Waals surface area contributed by atoms with Gasteiger partial charge in [0.2, 0.25) is 0 Å². The van der Waals surface area contributed by atoms with Crippen LogP contribution in [0.3, 0.4) is 0 Å². The lowest BCUT2D eigenvalue weighted by molar-refractivity contribution is 0.0635. The van der Waals surface area contributed by atoms with Crippen LogP contribution in [0.5, 0.6) is 0 Å². The molecule has 0 saturated carbocycles. The fourth-order valence-corrected chi connectivity index (χ4v) is 4.48. The maximum atomic E-state index is 13.2. The number of likely N-dealkylation sites (tertiary alicyclic amines) is 1. The molecule has 1 saturated heterocycles. The Balaban J connectivity index is 1.40. The van der Waals surface area contributed by atoms with Crippen LogP contribution in [0.4, 0.5) is 10.5 Å². The fourth-order valence-electron chi connectivity index (χ4n) is 4.48. The summed E-state index contributed by atoms with van der Waals surface area (Å²) >= 11 is 0. The van der Waals surface area contributed by atoms with Crippen LogP contribution in [0.1, 0.15) is 80.8 Å². The molecule has 0 radical (unpaired) electrons. The Hall–Kier alpha value is -2.90. The number of carbonyl (C=O) groups is 2. The van der Waals surface area contributed by atoms with Gasteiger partial charge in [0.15, 0.2) is 0 Å². The van der Waals surface area contributed by atoms with E-state index in [4.69, 9.17) is 4.74 Å². The normalized spacial score (nSPS) is 19.1. The summed E-state index contributed by atoms with van der Waals surface area (Å²) in [5.41, 5.74) is 0.645. The number of fused-ring (bicyclic) bond motifs is 1. The van der Waals surface area contributed by atoms with Gasteiger partial charge >= 0.3 is 6.09 Å². The van der Waals surface area contributed by atoms with Crippen molar-refractivity contribution < 1.29 is 14.3 Å². The molecule has 4 rings (SSSR count). The lowest BCUT2D eigenvalue weighted by atomic mass is 9.96. The van der Waals surface area contributed by atoms with E-state index in [1.165, 1.54) is 12.8 Å². The van der Waals surface area contributed by atoms with Crippen molar-refractivity contribution in [2.24, 2.45) is 0 Å². The van der Waals surface area contributed by atoms with E-state index in [0.29, 0.717) is 17.8 Å². The van der Waals surface area contributed by atoms with Crippen molar-refractivity contribution in [3.63, 3.8) is 0 Å². The van der Waals surface area contributed by atoms with Crippen molar-refractivity contribution in [3.8, 4) is 0 Å². The minimum absolute atomic E-state index is 0.00845. The molecule has 8 nitrogen and oxygen atoms in total. The van der Waals surface area contributed by atoms with E-state index in [0.717, 1.165) is 50.4 Å². The Kier molecular flexibility index (Phi) is 6.48. The molecule has 0 unspecified atom stereocenters. The maximum absolute atomic E-state index is 13.2. The second kappa shape index (κ2) is 9.30. The summed E-state index contributed by atoms with van der Waals surface area (Å²) in [6, 6.07) is 6.97. The van der Waals surface area contributed by atoms with Crippen molar-refractivity contribution in [2.75, 3.05) is 18.4 Å². The molecule has 8 heteroatoms. The highest BCUT2D eigenvalue weighted by molar-refractivity contribution is 5.95. The first-order valence-corrected chi connectivity index (χ1v) is 11.6. The molecule has 2 aromatic rings. The number of carbonyl (C=O) groups excluding carboxylic acids is 2. The van der Waals surface area contributed by atoms with Crippen LogP contribution < -0.4 is 5.32 Å². The summed E-state index contributed by atoms with van der Waals surface area (Å²) in [4.78, 5) is 27.0. The molecule has 2 aliphatic rings. The first-order chi connectivity index (χ1) is 15.3. The molecule has 0 bridgehead atoms. The van der Waals surface area contributed by atoms with E-state index in [1.807, 2.05) is 25.7 Å². The molecule has 2 aliphatic heterocycles. The quantitative estimate of drug-likeness (QED) is 0.767. The zero-order chi connectivity index (χ0) is 22.7. The third kappa shape index (κ3) is 5.29. The van der Waals surface area contributed by atoms with Crippen LogP contribution in [0.25, 0.3) is 0 Å². The van der Waals surface area contributed by atoms with E-state index < -0.39 is 11.7 Å². The molecular formula is C24H33N5O3. The highest BCUT2D eigenvalue weighted by atomic mass is 16.6. The third-order valence-electron chi connectivity index (χ3n) is 5.99. The summed E-state index contributed by atoms with van der Waals surface area (Å²) in [7, 11) is 0. The van der Waals surface area contributed by atoms with Crippen molar-refractivity contribution >= 4 is 17.7 Å². The fraction of sp³-hybridized carbons (Fsp3) is 0.583. The number of hydrogen-bond donors (Lipinski definition) is 1. The number of benzene rings is 1. The smallest absolute Gasteiger partial charge is 0.412 e. The molecule has 2 amide bonds. The second-order valence-electron chi connectivity index (χ2n) is 9.73. The Bertz CT molecular complexity index is 961. The molecule has 172 valence electrons. The van der Waals surface area contributed by atoms with Crippen LogP contribution in [0.15, 0.2) is 24.3 Å². The van der Waals surface area contributed by atoms with Gasteiger partial charge in [-0.3, -0.25) is 10.1 Å². The molecule has 1 aromatic carbocycles. The van der Waals surface area contributed by atoms with Gasteiger partial charge in [-0.2, -0.15) is 0 Å². The van der Waals surface area contributed by atoms with Gasteiger partial charge in [-0.05, 0) is 70.7 Å². The van der Waals surface area contributed by atoms with Gasteiger partial charge in [-0.25, -0.2) is 4.79 Å². The second-order valence-corrected chi connectivity index (χ2v) is 9.73. The van der Waals surface area contributed by atoms with Gasteiger partial charge in [0.1, 0.15) is 17.2 Å². The molecule has 1 fully saturated rings. The molecule has 3 heterocycles. The van der Waals surface area contributed by atoms with Crippen molar-refractivity contribution in [3.05, 3.63) is 41.5 Å². The number of ether oxygens (including phenoxy) is 1. The number of aromatic nitrogens is 3. The highest BCUT2D eigenvalue weighted by Gasteiger charge is 2.30. The predicted octanol–water partition coefficient (Wildman–Crippen LogP) is 4.37. The number of anilines is 1. The Morgan fingerprint density at radius 1 is 1.03 bits per heavy atom. The van der Waals surface area contributed by atoms with Crippen molar-refractivity contribution in [1.82, 2.24) is 19.7 Å². The minimum Gasteiger partial charge on any atom is -0.444 e. The van der Waals surface area contributed by atoms with Gasteiger partial charge in [-0.1, -0.05) is 6.42 Å².